The van der Waals surface area contributed by atoms with Crippen LogP contribution in [0.3, 0.4) is 0 Å². The van der Waals surface area contributed by atoms with Gasteiger partial charge in [0.1, 0.15) is 0 Å². The Morgan fingerprint density at radius 3 is 2.42 bits per heavy atom. The van der Waals surface area contributed by atoms with E-state index in [4.69, 9.17) is 4.74 Å². The van der Waals surface area contributed by atoms with Crippen LogP contribution in [0, 0.1) is 5.92 Å². The molecule has 0 aromatic heterocycles. The highest BCUT2D eigenvalue weighted by Crippen LogP contribution is 2.16. The summed E-state index contributed by atoms with van der Waals surface area (Å²) in [5.41, 5.74) is 1.42. The van der Waals surface area contributed by atoms with Crippen LogP contribution in [0.4, 0.5) is 0 Å². The maximum absolute atomic E-state index is 5.64. The zero-order valence-electron chi connectivity index (χ0n) is 9.05. The molecule has 2 atom stereocenters. The molecule has 2 unspecified atom stereocenters. The summed E-state index contributed by atoms with van der Waals surface area (Å²) in [5, 5.41) is 0. The van der Waals surface area contributed by atoms with Crippen molar-refractivity contribution < 1.29 is 4.74 Å². The third kappa shape index (κ3) is 3.91. The van der Waals surface area contributed by atoms with Crippen molar-refractivity contribution in [1.82, 2.24) is 0 Å². The van der Waals surface area contributed by atoms with Crippen molar-refractivity contribution in [1.29, 1.82) is 0 Å². The van der Waals surface area contributed by atoms with Crippen LogP contribution in [0.5, 0.6) is 0 Å². The molecule has 0 aliphatic heterocycles. The third-order valence-corrected chi connectivity index (χ3v) is 2.46. The van der Waals surface area contributed by atoms with Gasteiger partial charge in [0, 0.05) is 12.5 Å². The fraction of sp³-hybridized carbons (Fsp3) is 0.818. The number of rotatable bonds is 5. The van der Waals surface area contributed by atoms with Crippen molar-refractivity contribution in [3.05, 3.63) is 11.6 Å². The Morgan fingerprint density at radius 2 is 2.00 bits per heavy atom. The summed E-state index contributed by atoms with van der Waals surface area (Å²) < 4.78 is 5.64. The molecular weight excluding hydrogens is 148 g/mol. The Bertz CT molecular complexity index is 138. The Kier molecular flexibility index (Phi) is 6.09. The van der Waals surface area contributed by atoms with E-state index in [0.29, 0.717) is 12.0 Å². The van der Waals surface area contributed by atoms with Crippen molar-refractivity contribution in [3.63, 3.8) is 0 Å². The topological polar surface area (TPSA) is 9.23 Å². The van der Waals surface area contributed by atoms with Gasteiger partial charge in [-0.1, -0.05) is 25.5 Å². The van der Waals surface area contributed by atoms with E-state index in [-0.39, 0.29) is 0 Å². The molecule has 0 aromatic rings. The summed E-state index contributed by atoms with van der Waals surface area (Å²) in [6.45, 7) is 11.6. The Labute approximate surface area is 76.8 Å². The van der Waals surface area contributed by atoms with Gasteiger partial charge in [0.2, 0.25) is 0 Å². The van der Waals surface area contributed by atoms with Crippen LogP contribution >= 0.6 is 0 Å². The van der Waals surface area contributed by atoms with E-state index in [1.807, 2.05) is 0 Å². The molecule has 0 heterocycles. The molecule has 0 saturated carbocycles. The zero-order valence-corrected chi connectivity index (χ0v) is 9.05. The van der Waals surface area contributed by atoms with E-state index < -0.39 is 0 Å². The Balaban J connectivity index is 3.83. The number of ether oxygens (including phenoxy) is 1. The fourth-order valence-electron chi connectivity index (χ4n) is 1.08. The van der Waals surface area contributed by atoms with Crippen LogP contribution in [-0.4, -0.2) is 12.7 Å². The summed E-state index contributed by atoms with van der Waals surface area (Å²) in [7, 11) is 0. The first-order valence-corrected chi connectivity index (χ1v) is 4.87. The van der Waals surface area contributed by atoms with Crippen LogP contribution < -0.4 is 0 Å². The maximum Gasteiger partial charge on any atom is 0.0609 e. The second-order valence-corrected chi connectivity index (χ2v) is 3.40. The number of hydrogen-bond donors (Lipinski definition) is 0. The first kappa shape index (κ1) is 11.7. The summed E-state index contributed by atoms with van der Waals surface area (Å²) in [4.78, 5) is 0. The van der Waals surface area contributed by atoms with Gasteiger partial charge in [0.15, 0.2) is 0 Å². The average molecular weight is 170 g/mol. The molecule has 1 nitrogen and oxygen atoms in total. The van der Waals surface area contributed by atoms with E-state index in [1.54, 1.807) is 0 Å². The Morgan fingerprint density at radius 1 is 1.42 bits per heavy atom. The highest BCUT2D eigenvalue weighted by Gasteiger charge is 2.12. The van der Waals surface area contributed by atoms with Gasteiger partial charge in [-0.3, -0.25) is 0 Å². The van der Waals surface area contributed by atoms with Gasteiger partial charge in [-0.15, -0.1) is 0 Å². The largest absolute Gasteiger partial charge is 0.378 e. The van der Waals surface area contributed by atoms with E-state index in [2.05, 4.69) is 40.7 Å². The van der Waals surface area contributed by atoms with Gasteiger partial charge in [0.25, 0.3) is 0 Å². The first-order valence-electron chi connectivity index (χ1n) is 4.87. The van der Waals surface area contributed by atoms with Crippen molar-refractivity contribution in [2.75, 3.05) is 6.61 Å². The van der Waals surface area contributed by atoms with Gasteiger partial charge in [0.05, 0.1) is 6.10 Å². The standard InChI is InChI=1S/C11H22O/c1-6-8-12-11(5)10(4)9(3)7-2/h7,10-11H,6,8H2,1-5H3. The smallest absolute Gasteiger partial charge is 0.0609 e. The molecule has 0 rings (SSSR count). The molecular formula is C11H22O. The van der Waals surface area contributed by atoms with Gasteiger partial charge in [-0.25, -0.2) is 0 Å². The van der Waals surface area contributed by atoms with Gasteiger partial charge in [-0.05, 0) is 27.2 Å². The highest BCUT2D eigenvalue weighted by atomic mass is 16.5. The average Bonchev–Trinajstić information content (AvgIpc) is 2.11. The molecule has 0 radical (unpaired) electrons. The molecule has 0 aromatic carbocycles. The molecule has 0 bridgehead atoms. The summed E-state index contributed by atoms with van der Waals surface area (Å²) in [6.07, 6.45) is 3.61. The Hall–Kier alpha value is -0.300. The maximum atomic E-state index is 5.64. The lowest BCUT2D eigenvalue weighted by Gasteiger charge is -2.20. The molecule has 12 heavy (non-hydrogen) atoms. The molecule has 0 N–H and O–H groups in total. The fourth-order valence-corrected chi connectivity index (χ4v) is 1.08. The van der Waals surface area contributed by atoms with Gasteiger partial charge >= 0.3 is 0 Å². The lowest BCUT2D eigenvalue weighted by atomic mass is 9.97. The van der Waals surface area contributed by atoms with Crippen molar-refractivity contribution >= 4 is 0 Å². The second kappa shape index (κ2) is 6.24. The number of hydrogen-bond acceptors (Lipinski definition) is 1. The van der Waals surface area contributed by atoms with Crippen LogP contribution in [0.15, 0.2) is 11.6 Å². The minimum atomic E-state index is 0.348. The third-order valence-electron chi connectivity index (χ3n) is 2.46. The molecule has 0 saturated heterocycles. The summed E-state index contributed by atoms with van der Waals surface area (Å²) in [5.74, 6) is 0.543. The van der Waals surface area contributed by atoms with E-state index in [1.165, 1.54) is 5.57 Å². The highest BCUT2D eigenvalue weighted by molar-refractivity contribution is 5.02. The van der Waals surface area contributed by atoms with E-state index >= 15 is 0 Å². The molecule has 0 fully saturated rings. The zero-order chi connectivity index (χ0) is 9.56. The van der Waals surface area contributed by atoms with Crippen molar-refractivity contribution in [2.24, 2.45) is 5.92 Å². The van der Waals surface area contributed by atoms with E-state index in [0.717, 1.165) is 13.0 Å². The first-order chi connectivity index (χ1) is 5.63. The predicted octanol–water partition coefficient (Wildman–Crippen LogP) is 3.40. The molecule has 0 amide bonds. The number of allylic oxidation sites excluding steroid dienone is 1. The van der Waals surface area contributed by atoms with Crippen LogP contribution in [0.25, 0.3) is 0 Å². The normalized spacial score (nSPS) is 17.6. The summed E-state index contributed by atoms with van der Waals surface area (Å²) in [6, 6.07) is 0. The summed E-state index contributed by atoms with van der Waals surface area (Å²) >= 11 is 0. The van der Waals surface area contributed by atoms with Crippen LogP contribution in [0.2, 0.25) is 0 Å². The van der Waals surface area contributed by atoms with Crippen molar-refractivity contribution in [2.45, 2.75) is 47.1 Å². The van der Waals surface area contributed by atoms with Crippen LogP contribution in [-0.2, 0) is 4.74 Å². The molecule has 0 aliphatic carbocycles. The molecule has 72 valence electrons. The SMILES string of the molecule is CC=C(C)C(C)C(C)OCCC. The molecule has 1 heteroatoms. The van der Waals surface area contributed by atoms with Crippen LogP contribution in [0.1, 0.15) is 41.0 Å². The lowest BCUT2D eigenvalue weighted by Crippen LogP contribution is -2.19. The predicted molar refractivity (Wildman–Crippen MR) is 54.3 cm³/mol. The second-order valence-electron chi connectivity index (χ2n) is 3.40. The van der Waals surface area contributed by atoms with Gasteiger partial charge < -0.3 is 4.74 Å². The van der Waals surface area contributed by atoms with E-state index in [9.17, 15) is 0 Å². The van der Waals surface area contributed by atoms with Crippen molar-refractivity contribution in [3.8, 4) is 0 Å². The quantitative estimate of drug-likeness (QED) is 0.575. The minimum absolute atomic E-state index is 0.348. The van der Waals surface area contributed by atoms with Gasteiger partial charge in [-0.2, -0.15) is 0 Å². The molecule has 0 aliphatic rings. The monoisotopic (exact) mass is 170 g/mol. The lowest BCUT2D eigenvalue weighted by molar-refractivity contribution is 0.0405. The minimum Gasteiger partial charge on any atom is -0.378 e. The molecule has 0 spiro atoms.